The molecule has 5 heteroatoms. The van der Waals surface area contributed by atoms with Crippen molar-refractivity contribution < 1.29 is 4.79 Å². The molecule has 0 bridgehead atoms. The van der Waals surface area contributed by atoms with Crippen molar-refractivity contribution in [2.45, 2.75) is 39.3 Å². The molecule has 2 atom stereocenters. The maximum atomic E-state index is 12.1. The van der Waals surface area contributed by atoms with E-state index in [0.717, 1.165) is 38.4 Å². The second-order valence-corrected chi connectivity index (χ2v) is 5.83. The zero-order chi connectivity index (χ0) is 13.5. The van der Waals surface area contributed by atoms with Gasteiger partial charge in [-0.05, 0) is 32.7 Å². The monoisotopic (exact) mass is 273 g/mol. The highest BCUT2D eigenvalue weighted by atomic mass is 32.2. The minimum absolute atomic E-state index is 0.103. The van der Waals surface area contributed by atoms with Crippen LogP contribution in [0.5, 0.6) is 0 Å². The van der Waals surface area contributed by atoms with Gasteiger partial charge in [0.1, 0.15) is 0 Å². The Morgan fingerprint density at radius 3 is 2.72 bits per heavy atom. The first-order chi connectivity index (χ1) is 8.62. The Bertz CT molecular complexity index is 259. The van der Waals surface area contributed by atoms with Gasteiger partial charge in [0.2, 0.25) is 0 Å². The predicted molar refractivity (Wildman–Crippen MR) is 79.3 cm³/mol. The number of rotatable bonds is 6. The van der Waals surface area contributed by atoms with Crippen molar-refractivity contribution in [1.82, 2.24) is 15.1 Å². The maximum absolute atomic E-state index is 12.1. The Morgan fingerprint density at radius 2 is 2.17 bits per heavy atom. The van der Waals surface area contributed by atoms with E-state index >= 15 is 0 Å². The van der Waals surface area contributed by atoms with E-state index in [2.05, 4.69) is 37.2 Å². The molecule has 2 amide bonds. The Balaban J connectivity index is 2.38. The summed E-state index contributed by atoms with van der Waals surface area (Å²) in [5, 5.41) is 3.07. The number of amides is 2. The molecule has 1 heterocycles. The summed E-state index contributed by atoms with van der Waals surface area (Å²) in [4.78, 5) is 16.5. The lowest BCUT2D eigenvalue weighted by atomic mass is 10.2. The summed E-state index contributed by atoms with van der Waals surface area (Å²) in [5.41, 5.74) is 0. The van der Waals surface area contributed by atoms with E-state index in [1.54, 1.807) is 11.8 Å². The predicted octanol–water partition coefficient (Wildman–Crippen LogP) is 1.86. The number of nitrogens with zero attached hydrogens (tertiary/aromatic N) is 2. The van der Waals surface area contributed by atoms with Gasteiger partial charge in [0.25, 0.3) is 0 Å². The first kappa shape index (κ1) is 15.6. The van der Waals surface area contributed by atoms with Crippen LogP contribution in [0.15, 0.2) is 0 Å². The van der Waals surface area contributed by atoms with E-state index in [1.807, 2.05) is 4.90 Å². The number of likely N-dealkylation sites (tertiary alicyclic amines) is 1. The van der Waals surface area contributed by atoms with Gasteiger partial charge in [-0.1, -0.05) is 13.8 Å². The number of carbonyl (C=O) groups is 1. The zero-order valence-electron chi connectivity index (χ0n) is 12.1. The summed E-state index contributed by atoms with van der Waals surface area (Å²) in [5.74, 6) is 0.971. The Morgan fingerprint density at radius 1 is 1.50 bits per heavy atom. The van der Waals surface area contributed by atoms with Crippen LogP contribution in [0.25, 0.3) is 0 Å². The molecule has 1 aliphatic rings. The molecule has 0 aliphatic carbocycles. The standard InChI is InChI=1S/C13H27N3OS/c1-5-15(6-2)12-7-8-16(9-12)13(17)14-11(3)10-18-4/h11-12H,5-10H2,1-4H3,(H,14,17)/t11-,12+/m1/s1. The quantitative estimate of drug-likeness (QED) is 0.802. The SMILES string of the molecule is CCN(CC)[C@H]1CCN(C(=O)N[C@H](C)CSC)C1. The lowest BCUT2D eigenvalue weighted by Crippen LogP contribution is -2.45. The van der Waals surface area contributed by atoms with Crippen molar-refractivity contribution in [2.75, 3.05) is 38.2 Å². The molecule has 1 aliphatic heterocycles. The van der Waals surface area contributed by atoms with Crippen LogP contribution >= 0.6 is 11.8 Å². The summed E-state index contributed by atoms with van der Waals surface area (Å²) in [6.07, 6.45) is 3.17. The van der Waals surface area contributed by atoms with E-state index in [9.17, 15) is 4.79 Å². The highest BCUT2D eigenvalue weighted by Gasteiger charge is 2.29. The van der Waals surface area contributed by atoms with E-state index in [4.69, 9.17) is 0 Å². The Kier molecular flexibility index (Phi) is 6.86. The minimum atomic E-state index is 0.103. The summed E-state index contributed by atoms with van der Waals surface area (Å²) in [7, 11) is 0. The minimum Gasteiger partial charge on any atom is -0.335 e. The molecule has 18 heavy (non-hydrogen) atoms. The lowest BCUT2D eigenvalue weighted by molar-refractivity contribution is 0.191. The molecule has 0 aromatic heterocycles. The molecule has 1 rings (SSSR count). The Labute approximate surface area is 115 Å². The van der Waals surface area contributed by atoms with Crippen molar-refractivity contribution in [1.29, 1.82) is 0 Å². The topological polar surface area (TPSA) is 35.6 Å². The van der Waals surface area contributed by atoms with Crippen LogP contribution in [0.2, 0.25) is 0 Å². The van der Waals surface area contributed by atoms with Crippen molar-refractivity contribution in [3.63, 3.8) is 0 Å². The number of urea groups is 1. The molecular weight excluding hydrogens is 246 g/mol. The lowest BCUT2D eigenvalue weighted by Gasteiger charge is -2.26. The molecule has 1 N–H and O–H groups in total. The van der Waals surface area contributed by atoms with E-state index in [1.165, 1.54) is 0 Å². The van der Waals surface area contributed by atoms with Crippen molar-refractivity contribution >= 4 is 17.8 Å². The zero-order valence-corrected chi connectivity index (χ0v) is 12.9. The Hall–Kier alpha value is -0.420. The van der Waals surface area contributed by atoms with E-state index < -0.39 is 0 Å². The summed E-state index contributed by atoms with van der Waals surface area (Å²) < 4.78 is 0. The highest BCUT2D eigenvalue weighted by Crippen LogP contribution is 2.15. The fourth-order valence-electron chi connectivity index (χ4n) is 2.56. The first-order valence-electron chi connectivity index (χ1n) is 6.90. The van der Waals surface area contributed by atoms with Gasteiger partial charge in [-0.3, -0.25) is 4.90 Å². The largest absolute Gasteiger partial charge is 0.335 e. The van der Waals surface area contributed by atoms with Crippen LogP contribution in [0.1, 0.15) is 27.2 Å². The van der Waals surface area contributed by atoms with Gasteiger partial charge < -0.3 is 10.2 Å². The van der Waals surface area contributed by atoms with Crippen molar-refractivity contribution in [2.24, 2.45) is 0 Å². The first-order valence-corrected chi connectivity index (χ1v) is 8.30. The molecule has 0 aromatic rings. The third-order valence-corrected chi connectivity index (χ3v) is 4.40. The number of carbonyl (C=O) groups excluding carboxylic acids is 1. The number of thioether (sulfide) groups is 1. The normalized spacial score (nSPS) is 21.4. The van der Waals surface area contributed by atoms with Gasteiger partial charge >= 0.3 is 6.03 Å². The molecule has 106 valence electrons. The van der Waals surface area contributed by atoms with E-state index in [-0.39, 0.29) is 12.1 Å². The van der Waals surface area contributed by atoms with Gasteiger partial charge in [-0.15, -0.1) is 0 Å². The average molecular weight is 273 g/mol. The number of likely N-dealkylation sites (N-methyl/N-ethyl adjacent to an activating group) is 1. The summed E-state index contributed by atoms with van der Waals surface area (Å²) in [6, 6.07) is 0.896. The van der Waals surface area contributed by atoms with E-state index in [0.29, 0.717) is 6.04 Å². The fourth-order valence-corrected chi connectivity index (χ4v) is 3.14. The van der Waals surface area contributed by atoms with Crippen LogP contribution in [-0.2, 0) is 0 Å². The smallest absolute Gasteiger partial charge is 0.317 e. The third-order valence-electron chi connectivity index (χ3n) is 3.57. The molecule has 0 radical (unpaired) electrons. The molecule has 0 unspecified atom stereocenters. The third kappa shape index (κ3) is 4.35. The molecule has 0 saturated carbocycles. The molecule has 0 aromatic carbocycles. The second-order valence-electron chi connectivity index (χ2n) is 4.92. The van der Waals surface area contributed by atoms with Gasteiger partial charge in [0.15, 0.2) is 0 Å². The average Bonchev–Trinajstić information content (AvgIpc) is 2.80. The number of hydrogen-bond acceptors (Lipinski definition) is 3. The summed E-state index contributed by atoms with van der Waals surface area (Å²) in [6.45, 7) is 10.3. The molecule has 4 nitrogen and oxygen atoms in total. The maximum Gasteiger partial charge on any atom is 0.317 e. The molecular formula is C13H27N3OS. The van der Waals surface area contributed by atoms with Crippen LogP contribution in [0.3, 0.4) is 0 Å². The van der Waals surface area contributed by atoms with Gasteiger partial charge in [0.05, 0.1) is 0 Å². The van der Waals surface area contributed by atoms with Crippen LogP contribution < -0.4 is 5.32 Å². The molecule has 1 fully saturated rings. The van der Waals surface area contributed by atoms with Gasteiger partial charge in [-0.2, -0.15) is 11.8 Å². The molecule has 1 saturated heterocycles. The molecule has 0 spiro atoms. The number of hydrogen-bond donors (Lipinski definition) is 1. The van der Waals surface area contributed by atoms with Gasteiger partial charge in [-0.25, -0.2) is 4.79 Å². The van der Waals surface area contributed by atoms with Gasteiger partial charge in [0, 0.05) is 30.9 Å². The number of nitrogens with one attached hydrogen (secondary N) is 1. The van der Waals surface area contributed by atoms with Crippen LogP contribution in [0, 0.1) is 0 Å². The second kappa shape index (κ2) is 7.89. The fraction of sp³-hybridized carbons (Fsp3) is 0.923. The van der Waals surface area contributed by atoms with Crippen molar-refractivity contribution in [3.05, 3.63) is 0 Å². The van der Waals surface area contributed by atoms with Crippen molar-refractivity contribution in [3.8, 4) is 0 Å². The highest BCUT2D eigenvalue weighted by molar-refractivity contribution is 7.98. The van der Waals surface area contributed by atoms with Crippen LogP contribution in [0.4, 0.5) is 4.79 Å². The summed E-state index contributed by atoms with van der Waals surface area (Å²) >= 11 is 1.77. The van der Waals surface area contributed by atoms with Crippen LogP contribution in [-0.4, -0.2) is 66.1 Å².